The van der Waals surface area contributed by atoms with Crippen LogP contribution in [-0.4, -0.2) is 51.2 Å². The molecular weight excluding hydrogens is 324 g/mol. The van der Waals surface area contributed by atoms with Gasteiger partial charge in [-0.2, -0.15) is 0 Å². The van der Waals surface area contributed by atoms with E-state index >= 15 is 0 Å². The molecule has 0 atom stereocenters. The van der Waals surface area contributed by atoms with Gasteiger partial charge < -0.3 is 14.5 Å². The van der Waals surface area contributed by atoms with Gasteiger partial charge in [-0.15, -0.1) is 0 Å². The molecule has 0 saturated carbocycles. The van der Waals surface area contributed by atoms with Gasteiger partial charge in [-0.3, -0.25) is 0 Å². The molecule has 4 nitrogen and oxygen atoms in total. The summed E-state index contributed by atoms with van der Waals surface area (Å²) in [7, 11) is 3.56. The van der Waals surface area contributed by atoms with Crippen LogP contribution in [0.5, 0.6) is 0 Å². The molecule has 1 saturated heterocycles. The zero-order chi connectivity index (χ0) is 18.5. The molecule has 2 aromatic rings. The van der Waals surface area contributed by atoms with Crippen molar-refractivity contribution in [2.75, 3.05) is 45.2 Å². The molecule has 0 aliphatic carbocycles. The maximum atomic E-state index is 11.2. The lowest BCUT2D eigenvalue weighted by atomic mass is 9.98. The Labute approximate surface area is 155 Å². The van der Waals surface area contributed by atoms with Crippen LogP contribution in [0.2, 0.25) is 0 Å². The van der Waals surface area contributed by atoms with Crippen molar-refractivity contribution < 1.29 is 9.53 Å². The summed E-state index contributed by atoms with van der Waals surface area (Å²) in [5, 5.41) is 0. The Balaban J connectivity index is 1.74. The fourth-order valence-electron chi connectivity index (χ4n) is 3.26. The van der Waals surface area contributed by atoms with Crippen LogP contribution >= 0.6 is 0 Å². The largest absolute Gasteiger partial charge is 0.466 e. The first-order valence-electron chi connectivity index (χ1n) is 8.97. The van der Waals surface area contributed by atoms with Crippen molar-refractivity contribution in [3.05, 3.63) is 59.7 Å². The minimum Gasteiger partial charge on any atom is -0.466 e. The lowest BCUT2D eigenvalue weighted by molar-refractivity contribution is -0.134. The van der Waals surface area contributed by atoms with Gasteiger partial charge in [0.25, 0.3) is 0 Å². The molecule has 1 heterocycles. The molecule has 0 aromatic heterocycles. The summed E-state index contributed by atoms with van der Waals surface area (Å²) in [5.74, 6) is -0.341. The van der Waals surface area contributed by atoms with Gasteiger partial charge in [-0.05, 0) is 54.4 Å². The van der Waals surface area contributed by atoms with Crippen molar-refractivity contribution in [2.24, 2.45) is 0 Å². The minimum atomic E-state index is -0.341. The summed E-state index contributed by atoms with van der Waals surface area (Å²) in [6.07, 6.45) is 3.22. The van der Waals surface area contributed by atoms with Crippen molar-refractivity contribution in [1.82, 2.24) is 4.90 Å². The zero-order valence-electron chi connectivity index (χ0n) is 15.7. The number of carbonyl (C=O) groups excluding carboxylic acids is 1. The fourth-order valence-corrected chi connectivity index (χ4v) is 3.26. The summed E-state index contributed by atoms with van der Waals surface area (Å²) in [6.45, 7) is 6.48. The van der Waals surface area contributed by atoms with E-state index in [1.165, 1.54) is 35.6 Å². The number of aryl methyl sites for hydroxylation is 1. The first kappa shape index (κ1) is 18.2. The molecule has 0 unspecified atom stereocenters. The van der Waals surface area contributed by atoms with E-state index in [1.807, 2.05) is 6.07 Å². The Kier molecular flexibility index (Phi) is 5.74. The molecule has 1 fully saturated rings. The smallest absolute Gasteiger partial charge is 0.330 e. The topological polar surface area (TPSA) is 32.8 Å². The lowest BCUT2D eigenvalue weighted by Crippen LogP contribution is -2.44. The number of esters is 1. The summed E-state index contributed by atoms with van der Waals surface area (Å²) in [5.41, 5.74) is 5.89. The second-order valence-electron chi connectivity index (χ2n) is 6.77. The van der Waals surface area contributed by atoms with Gasteiger partial charge >= 0.3 is 5.97 Å². The number of anilines is 1. The molecule has 136 valence electrons. The van der Waals surface area contributed by atoms with E-state index in [2.05, 4.69) is 64.9 Å². The normalized spacial score (nSPS) is 15.4. The predicted octanol–water partition coefficient (Wildman–Crippen LogP) is 3.60. The molecule has 0 N–H and O–H groups in total. The molecule has 0 spiro atoms. The summed E-state index contributed by atoms with van der Waals surface area (Å²) in [6, 6.07) is 15.0. The Morgan fingerprint density at radius 3 is 2.35 bits per heavy atom. The van der Waals surface area contributed by atoms with Gasteiger partial charge in [0.05, 0.1) is 7.11 Å². The highest BCUT2D eigenvalue weighted by Crippen LogP contribution is 2.27. The molecule has 0 amide bonds. The number of rotatable bonds is 4. The molecule has 0 radical (unpaired) electrons. The third kappa shape index (κ3) is 4.33. The fraction of sp³-hybridized carbons (Fsp3) is 0.318. The van der Waals surface area contributed by atoms with Gasteiger partial charge in [0.2, 0.25) is 0 Å². The third-order valence-corrected chi connectivity index (χ3v) is 4.91. The van der Waals surface area contributed by atoms with E-state index in [0.29, 0.717) is 0 Å². The predicted molar refractivity (Wildman–Crippen MR) is 107 cm³/mol. The van der Waals surface area contributed by atoms with Crippen LogP contribution in [-0.2, 0) is 9.53 Å². The molecule has 1 aliphatic heterocycles. The number of hydrogen-bond acceptors (Lipinski definition) is 4. The monoisotopic (exact) mass is 350 g/mol. The number of ether oxygens (including phenoxy) is 1. The van der Waals surface area contributed by atoms with Crippen molar-refractivity contribution >= 4 is 17.7 Å². The Hall–Kier alpha value is -2.59. The number of piperazine rings is 1. The van der Waals surface area contributed by atoms with Crippen LogP contribution in [0, 0.1) is 6.92 Å². The lowest BCUT2D eigenvalue weighted by Gasteiger charge is -2.34. The van der Waals surface area contributed by atoms with Crippen LogP contribution in [0.25, 0.3) is 17.2 Å². The van der Waals surface area contributed by atoms with Gasteiger partial charge in [0.15, 0.2) is 0 Å². The summed E-state index contributed by atoms with van der Waals surface area (Å²) >= 11 is 0. The van der Waals surface area contributed by atoms with Crippen LogP contribution in [0.1, 0.15) is 11.1 Å². The van der Waals surface area contributed by atoms with E-state index in [0.717, 1.165) is 31.7 Å². The van der Waals surface area contributed by atoms with Crippen molar-refractivity contribution in [2.45, 2.75) is 6.92 Å². The third-order valence-electron chi connectivity index (χ3n) is 4.91. The quantitative estimate of drug-likeness (QED) is 0.623. The second kappa shape index (κ2) is 8.19. The molecule has 26 heavy (non-hydrogen) atoms. The first-order chi connectivity index (χ1) is 12.6. The average molecular weight is 350 g/mol. The van der Waals surface area contributed by atoms with E-state index < -0.39 is 0 Å². The number of likely N-dealkylation sites (N-methyl/N-ethyl adjacent to an activating group) is 1. The Bertz CT molecular complexity index is 788. The average Bonchev–Trinajstić information content (AvgIpc) is 2.67. The molecule has 3 rings (SSSR count). The Morgan fingerprint density at radius 1 is 1.04 bits per heavy atom. The van der Waals surface area contributed by atoms with Crippen LogP contribution in [0.3, 0.4) is 0 Å². The van der Waals surface area contributed by atoms with Gasteiger partial charge in [0, 0.05) is 37.9 Å². The molecular formula is C22H26N2O2. The maximum absolute atomic E-state index is 11.2. The summed E-state index contributed by atoms with van der Waals surface area (Å²) < 4.78 is 4.63. The van der Waals surface area contributed by atoms with E-state index in [4.69, 9.17) is 0 Å². The van der Waals surface area contributed by atoms with Gasteiger partial charge in [-0.1, -0.05) is 30.3 Å². The maximum Gasteiger partial charge on any atom is 0.330 e. The number of benzene rings is 2. The van der Waals surface area contributed by atoms with E-state index in [9.17, 15) is 4.79 Å². The highest BCUT2D eigenvalue weighted by Gasteiger charge is 2.14. The van der Waals surface area contributed by atoms with Crippen molar-refractivity contribution in [3.8, 4) is 11.1 Å². The number of methoxy groups -OCH3 is 1. The van der Waals surface area contributed by atoms with Crippen molar-refractivity contribution in [1.29, 1.82) is 0 Å². The second-order valence-corrected chi connectivity index (χ2v) is 6.77. The molecule has 2 aromatic carbocycles. The highest BCUT2D eigenvalue weighted by atomic mass is 16.5. The highest BCUT2D eigenvalue weighted by molar-refractivity contribution is 5.87. The Morgan fingerprint density at radius 2 is 1.73 bits per heavy atom. The molecule has 1 aliphatic rings. The zero-order valence-corrected chi connectivity index (χ0v) is 15.7. The van der Waals surface area contributed by atoms with Crippen LogP contribution in [0.15, 0.2) is 48.5 Å². The number of hydrogen-bond donors (Lipinski definition) is 0. The van der Waals surface area contributed by atoms with Gasteiger partial charge in [-0.25, -0.2) is 4.79 Å². The number of nitrogens with zero attached hydrogens (tertiary/aromatic N) is 2. The molecule has 0 bridgehead atoms. The summed E-state index contributed by atoms with van der Waals surface area (Å²) in [4.78, 5) is 16.0. The van der Waals surface area contributed by atoms with E-state index in [1.54, 1.807) is 6.08 Å². The van der Waals surface area contributed by atoms with E-state index in [-0.39, 0.29) is 5.97 Å². The standard InChI is InChI=1S/C22H26N2O2/c1-17-16-18(5-11-22(25)26-3)4-10-21(17)19-6-8-20(9-7-19)24-14-12-23(2)13-15-24/h4-11,16H,12-15H2,1-3H3/b11-5+. The molecule has 4 heteroatoms. The van der Waals surface area contributed by atoms with Gasteiger partial charge in [0.1, 0.15) is 0 Å². The van der Waals surface area contributed by atoms with Crippen LogP contribution in [0.4, 0.5) is 5.69 Å². The van der Waals surface area contributed by atoms with Crippen molar-refractivity contribution in [3.63, 3.8) is 0 Å². The van der Waals surface area contributed by atoms with Crippen LogP contribution < -0.4 is 4.90 Å². The number of carbonyl (C=O) groups is 1. The SMILES string of the molecule is COC(=O)/C=C/c1ccc(-c2ccc(N3CCN(C)CC3)cc2)c(C)c1. The first-order valence-corrected chi connectivity index (χ1v) is 8.97. The minimum absolute atomic E-state index is 0.341.